The molecule has 2 aliphatic rings. The molecule has 0 aliphatic heterocycles. The maximum Gasteiger partial charge on any atom is 0.256 e. The van der Waals surface area contributed by atoms with Gasteiger partial charge in [-0.25, -0.2) is 0 Å². The molecule has 0 bridgehead atoms. The van der Waals surface area contributed by atoms with Crippen molar-refractivity contribution in [2.75, 3.05) is 0 Å². The topological polar surface area (TPSA) is 104 Å². The second-order valence-electron chi connectivity index (χ2n) is 6.96. The number of fused-ring (bicyclic) bond motifs is 2. The lowest BCUT2D eigenvalue weighted by Crippen LogP contribution is -2.33. The first kappa shape index (κ1) is 14.9. The largest absolute Gasteiger partial charge is 0.385 e. The van der Waals surface area contributed by atoms with Crippen LogP contribution in [0.3, 0.4) is 0 Å². The van der Waals surface area contributed by atoms with Gasteiger partial charge in [0.05, 0.1) is 29.1 Å². The molecule has 0 spiro atoms. The minimum Gasteiger partial charge on any atom is -0.385 e. The smallest absolute Gasteiger partial charge is 0.256 e. The number of amides is 1. The average molecular weight is 359 g/mol. The molecule has 2 saturated carbocycles. The Bertz CT molecular complexity index is 956. The molecule has 3 aromatic rings. The minimum atomic E-state index is -0.944. The van der Waals surface area contributed by atoms with E-state index in [1.807, 2.05) is 6.07 Å². The highest BCUT2D eigenvalue weighted by Crippen LogP contribution is 2.60. The van der Waals surface area contributed by atoms with Gasteiger partial charge in [0, 0.05) is 16.5 Å². The lowest BCUT2D eigenvalue weighted by molar-refractivity contribution is 0.0293. The number of hydrogen-bond acceptors (Lipinski definition) is 5. The molecule has 2 fully saturated rings. The molecule has 3 N–H and O–H groups in total. The Morgan fingerprint density at radius 3 is 2.88 bits per heavy atom. The molecule has 0 saturated heterocycles. The summed E-state index contributed by atoms with van der Waals surface area (Å²) in [4.78, 5) is 12.1. The van der Waals surface area contributed by atoms with E-state index in [1.165, 1.54) is 12.5 Å². The van der Waals surface area contributed by atoms with Crippen LogP contribution >= 0.6 is 11.6 Å². The van der Waals surface area contributed by atoms with Crippen molar-refractivity contribution in [1.82, 2.24) is 20.7 Å². The summed E-state index contributed by atoms with van der Waals surface area (Å²) in [6.07, 6.45) is 5.62. The lowest BCUT2D eigenvalue weighted by Gasteiger charge is -2.27. The highest BCUT2D eigenvalue weighted by Gasteiger charge is 2.62. The normalized spacial score (nSPS) is 30.4. The zero-order valence-corrected chi connectivity index (χ0v) is 13.8. The van der Waals surface area contributed by atoms with Crippen LogP contribution in [0.1, 0.15) is 28.8 Å². The van der Waals surface area contributed by atoms with Crippen molar-refractivity contribution in [2.45, 2.75) is 24.5 Å². The number of hydrogen-bond donors (Lipinski definition) is 3. The number of carbonyl (C=O) groups excluding carboxylic acids is 1. The highest BCUT2D eigenvalue weighted by atomic mass is 35.5. The first-order valence-corrected chi connectivity index (χ1v) is 8.49. The molecule has 1 amide bonds. The molecule has 2 aromatic heterocycles. The summed E-state index contributed by atoms with van der Waals surface area (Å²) in [5.41, 5.74) is 1.09. The third-order valence-corrected chi connectivity index (χ3v) is 5.71. The maximum atomic E-state index is 12.1. The zero-order chi connectivity index (χ0) is 17.2. The molecule has 0 radical (unpaired) electrons. The van der Waals surface area contributed by atoms with Crippen LogP contribution in [0, 0.1) is 11.8 Å². The van der Waals surface area contributed by atoms with E-state index in [1.54, 1.807) is 12.3 Å². The van der Waals surface area contributed by atoms with Gasteiger partial charge in [0.15, 0.2) is 0 Å². The summed E-state index contributed by atoms with van der Waals surface area (Å²) in [5.74, 6) is 0.327. The van der Waals surface area contributed by atoms with Crippen LogP contribution in [0.15, 0.2) is 35.3 Å². The molecule has 128 valence electrons. The molecule has 2 aliphatic carbocycles. The molecule has 5 rings (SSSR count). The number of aromatic nitrogens is 3. The Morgan fingerprint density at radius 2 is 2.16 bits per heavy atom. The van der Waals surface area contributed by atoms with Crippen LogP contribution in [0.2, 0.25) is 5.02 Å². The number of halogens is 1. The highest BCUT2D eigenvalue weighted by molar-refractivity contribution is 6.31. The molecule has 8 heteroatoms. The molecule has 2 unspecified atom stereocenters. The quantitative estimate of drug-likeness (QED) is 0.666. The van der Waals surface area contributed by atoms with E-state index >= 15 is 0 Å². The average Bonchev–Trinajstić information content (AvgIpc) is 3.12. The van der Waals surface area contributed by atoms with Crippen molar-refractivity contribution >= 4 is 28.4 Å². The summed E-state index contributed by atoms with van der Waals surface area (Å²) in [7, 11) is 0. The van der Waals surface area contributed by atoms with Gasteiger partial charge in [0.25, 0.3) is 5.91 Å². The van der Waals surface area contributed by atoms with Gasteiger partial charge in [-0.1, -0.05) is 16.8 Å². The summed E-state index contributed by atoms with van der Waals surface area (Å²) in [6, 6.07) is 3.70. The standard InChI is InChI=1S/C17H15ClN4O3/c18-9-1-13(12-6-19-22-14(12)2-9)17(24)3-10-11(4-17)15(10)21-16(23)8-5-20-25-7-8/h1-2,5-7,10-11,15,24H,3-4H2,(H,19,22)(H,21,23)/t10-,11+,15?,17?. The Labute approximate surface area is 147 Å². The van der Waals surface area contributed by atoms with Gasteiger partial charge in [0.2, 0.25) is 0 Å². The van der Waals surface area contributed by atoms with E-state index in [2.05, 4.69) is 20.7 Å². The van der Waals surface area contributed by atoms with Crippen LogP contribution < -0.4 is 5.32 Å². The van der Waals surface area contributed by atoms with Gasteiger partial charge in [-0.2, -0.15) is 5.10 Å². The third-order valence-electron chi connectivity index (χ3n) is 5.50. The van der Waals surface area contributed by atoms with Crippen LogP contribution in [0.4, 0.5) is 0 Å². The summed E-state index contributed by atoms with van der Waals surface area (Å²) < 4.78 is 4.69. The first-order valence-electron chi connectivity index (χ1n) is 8.11. The molecule has 2 heterocycles. The number of rotatable bonds is 3. The van der Waals surface area contributed by atoms with Gasteiger partial charge < -0.3 is 14.9 Å². The van der Waals surface area contributed by atoms with E-state index in [0.717, 1.165) is 16.5 Å². The summed E-state index contributed by atoms with van der Waals surface area (Å²) >= 11 is 6.19. The number of nitrogens with zero attached hydrogens (tertiary/aromatic N) is 2. The van der Waals surface area contributed by atoms with Gasteiger partial charge in [-0.3, -0.25) is 9.89 Å². The predicted octanol–water partition coefficient (Wildman–Crippen LogP) is 2.23. The van der Waals surface area contributed by atoms with Crippen molar-refractivity contribution in [3.63, 3.8) is 0 Å². The molecule has 7 nitrogen and oxygen atoms in total. The van der Waals surface area contributed by atoms with E-state index in [-0.39, 0.29) is 23.8 Å². The van der Waals surface area contributed by atoms with Gasteiger partial charge in [-0.05, 0) is 42.4 Å². The number of nitrogens with one attached hydrogen (secondary N) is 2. The Balaban J connectivity index is 1.35. The van der Waals surface area contributed by atoms with Crippen LogP contribution in [-0.4, -0.2) is 32.4 Å². The van der Waals surface area contributed by atoms with Gasteiger partial charge in [0.1, 0.15) is 6.26 Å². The first-order chi connectivity index (χ1) is 12.0. The Kier molecular flexibility index (Phi) is 3.02. The van der Waals surface area contributed by atoms with Crippen molar-refractivity contribution in [2.24, 2.45) is 11.8 Å². The number of carbonyl (C=O) groups is 1. The molecule has 4 atom stereocenters. The van der Waals surface area contributed by atoms with Crippen LogP contribution in [0.25, 0.3) is 10.9 Å². The molecular formula is C17H15ClN4O3. The predicted molar refractivity (Wildman–Crippen MR) is 89.0 cm³/mol. The monoisotopic (exact) mass is 358 g/mol. The fraction of sp³-hybridized carbons (Fsp3) is 0.353. The van der Waals surface area contributed by atoms with Crippen LogP contribution in [-0.2, 0) is 5.60 Å². The number of benzene rings is 1. The second kappa shape index (κ2) is 5.06. The second-order valence-corrected chi connectivity index (χ2v) is 7.40. The summed E-state index contributed by atoms with van der Waals surface area (Å²) in [6.45, 7) is 0. The SMILES string of the molecule is O=C(NC1[C@H]2CC(O)(c3cc(Cl)cc4[nH]ncc34)C[C@@H]12)c1cnoc1. The van der Waals surface area contributed by atoms with E-state index < -0.39 is 5.60 Å². The molecule has 25 heavy (non-hydrogen) atoms. The number of aliphatic hydroxyl groups is 1. The molecule has 1 aromatic carbocycles. The Morgan fingerprint density at radius 1 is 1.36 bits per heavy atom. The minimum absolute atomic E-state index is 0.0849. The molecular weight excluding hydrogens is 344 g/mol. The summed E-state index contributed by atoms with van der Waals surface area (Å²) in [5, 5.41) is 26.1. The lowest BCUT2D eigenvalue weighted by atomic mass is 9.86. The van der Waals surface area contributed by atoms with E-state index in [9.17, 15) is 9.90 Å². The van der Waals surface area contributed by atoms with Crippen molar-refractivity contribution in [3.8, 4) is 0 Å². The zero-order valence-electron chi connectivity index (χ0n) is 13.1. The Hall–Kier alpha value is -2.38. The number of aromatic amines is 1. The van der Waals surface area contributed by atoms with E-state index in [0.29, 0.717) is 23.4 Å². The fourth-order valence-corrected chi connectivity index (χ4v) is 4.47. The van der Waals surface area contributed by atoms with E-state index in [4.69, 9.17) is 16.1 Å². The number of H-pyrrole nitrogens is 1. The maximum absolute atomic E-state index is 12.1. The van der Waals surface area contributed by atoms with Crippen molar-refractivity contribution in [3.05, 3.63) is 46.9 Å². The van der Waals surface area contributed by atoms with Crippen molar-refractivity contribution in [1.29, 1.82) is 0 Å². The van der Waals surface area contributed by atoms with Crippen LogP contribution in [0.5, 0.6) is 0 Å². The third kappa shape index (κ3) is 2.26. The van der Waals surface area contributed by atoms with Gasteiger partial charge in [-0.15, -0.1) is 0 Å². The van der Waals surface area contributed by atoms with Gasteiger partial charge >= 0.3 is 0 Å². The van der Waals surface area contributed by atoms with Crippen molar-refractivity contribution < 1.29 is 14.4 Å². The fourth-order valence-electron chi connectivity index (χ4n) is 4.25.